The highest BCUT2D eigenvalue weighted by Crippen LogP contribution is 2.26. The van der Waals surface area contributed by atoms with Gasteiger partial charge in [0.15, 0.2) is 0 Å². The van der Waals surface area contributed by atoms with Gasteiger partial charge in [-0.1, -0.05) is 18.2 Å². The minimum atomic E-state index is -0.868. The van der Waals surface area contributed by atoms with Crippen molar-refractivity contribution >= 4 is 34.5 Å². The van der Waals surface area contributed by atoms with E-state index in [-0.39, 0.29) is 18.4 Å². The second-order valence-corrected chi connectivity index (χ2v) is 7.22. The summed E-state index contributed by atoms with van der Waals surface area (Å²) in [7, 11) is 1.65. The Morgan fingerprint density at radius 2 is 2.16 bits per heavy atom. The second-order valence-electron chi connectivity index (χ2n) is 6.07. The van der Waals surface area contributed by atoms with Crippen LogP contribution in [0.4, 0.5) is 0 Å². The van der Waals surface area contributed by atoms with E-state index in [0.717, 1.165) is 16.7 Å². The molecule has 1 saturated heterocycles. The number of aromatic nitrogens is 1. The number of nitrogens with zero attached hydrogens (tertiary/aromatic N) is 2. The molecule has 1 aromatic heterocycles. The number of hydrogen-bond donors (Lipinski definition) is 1. The van der Waals surface area contributed by atoms with Gasteiger partial charge in [0, 0.05) is 48.8 Å². The number of carboxylic acids is 1. The average Bonchev–Trinajstić information content (AvgIpc) is 2.98. The normalized spacial score (nSPS) is 17.8. The van der Waals surface area contributed by atoms with Crippen LogP contribution in [-0.2, 0) is 16.1 Å². The molecule has 0 bridgehead atoms. The summed E-state index contributed by atoms with van der Waals surface area (Å²) < 4.78 is 7.18. The number of amides is 1. The molecule has 0 radical (unpaired) electrons. The predicted octanol–water partition coefficient (Wildman–Crippen LogP) is 2.32. The number of benzene rings is 1. The minimum absolute atomic E-state index is 0.0128. The minimum Gasteiger partial charge on any atom is -0.481 e. The lowest BCUT2D eigenvalue weighted by molar-refractivity contribution is -0.138. The van der Waals surface area contributed by atoms with Crippen molar-refractivity contribution in [1.29, 1.82) is 0 Å². The average molecular weight is 362 g/mol. The lowest BCUT2D eigenvalue weighted by Crippen LogP contribution is -2.47. The van der Waals surface area contributed by atoms with Crippen LogP contribution in [0.1, 0.15) is 16.8 Å². The molecular weight excluding hydrogens is 340 g/mol. The Kier molecular flexibility index (Phi) is 5.65. The zero-order chi connectivity index (χ0) is 17.8. The van der Waals surface area contributed by atoms with Gasteiger partial charge < -0.3 is 19.3 Å². The van der Waals surface area contributed by atoms with Crippen molar-refractivity contribution < 1.29 is 19.4 Å². The molecule has 1 aromatic carbocycles. The number of methoxy groups -OCH3 is 1. The fraction of sp³-hybridized carbons (Fsp3) is 0.444. The summed E-state index contributed by atoms with van der Waals surface area (Å²) in [6.45, 7) is 1.81. The standard InChI is InChI=1S/C18H22N2O4S/c1-24-8-6-19-11-15(14-4-2-3-5-16(14)19)18(23)20-7-9-25-12-13(20)10-17(21)22/h2-5,11,13H,6-10,12H2,1H3,(H,21,22). The molecule has 25 heavy (non-hydrogen) atoms. The van der Waals surface area contributed by atoms with Crippen molar-refractivity contribution in [2.45, 2.75) is 19.0 Å². The van der Waals surface area contributed by atoms with E-state index in [1.165, 1.54) is 0 Å². The quantitative estimate of drug-likeness (QED) is 0.854. The van der Waals surface area contributed by atoms with E-state index in [2.05, 4.69) is 0 Å². The Bertz CT molecular complexity index is 774. The van der Waals surface area contributed by atoms with Crippen molar-refractivity contribution in [3.05, 3.63) is 36.0 Å². The highest BCUT2D eigenvalue weighted by atomic mass is 32.2. The van der Waals surface area contributed by atoms with E-state index in [1.807, 2.05) is 35.0 Å². The van der Waals surface area contributed by atoms with Crippen LogP contribution in [0.15, 0.2) is 30.5 Å². The molecule has 134 valence electrons. The van der Waals surface area contributed by atoms with Crippen molar-refractivity contribution in [3.63, 3.8) is 0 Å². The van der Waals surface area contributed by atoms with Crippen molar-refractivity contribution in [2.75, 3.05) is 31.8 Å². The third-order valence-corrected chi connectivity index (χ3v) is 5.55. The Morgan fingerprint density at radius 3 is 2.92 bits per heavy atom. The van der Waals surface area contributed by atoms with Crippen LogP contribution in [-0.4, -0.2) is 64.3 Å². The van der Waals surface area contributed by atoms with E-state index in [1.54, 1.807) is 23.8 Å². The molecule has 1 aliphatic heterocycles. The van der Waals surface area contributed by atoms with Crippen LogP contribution >= 0.6 is 11.8 Å². The fourth-order valence-corrected chi connectivity index (χ4v) is 4.30. The highest BCUT2D eigenvalue weighted by Gasteiger charge is 2.31. The zero-order valence-corrected chi connectivity index (χ0v) is 15.0. The molecule has 0 spiro atoms. The highest BCUT2D eigenvalue weighted by molar-refractivity contribution is 7.99. The van der Waals surface area contributed by atoms with Crippen LogP contribution in [0.5, 0.6) is 0 Å². The predicted molar refractivity (Wildman–Crippen MR) is 98.2 cm³/mol. The maximum absolute atomic E-state index is 13.2. The van der Waals surface area contributed by atoms with E-state index < -0.39 is 5.97 Å². The summed E-state index contributed by atoms with van der Waals surface area (Å²) in [5.41, 5.74) is 1.62. The molecule has 1 amide bonds. The first kappa shape index (κ1) is 17.8. The number of aliphatic carboxylic acids is 1. The largest absolute Gasteiger partial charge is 0.481 e. The molecule has 3 rings (SSSR count). The van der Waals surface area contributed by atoms with Gasteiger partial charge >= 0.3 is 5.97 Å². The van der Waals surface area contributed by atoms with Crippen LogP contribution < -0.4 is 0 Å². The second kappa shape index (κ2) is 7.93. The first-order valence-corrected chi connectivity index (χ1v) is 9.44. The Morgan fingerprint density at radius 1 is 1.36 bits per heavy atom. The summed E-state index contributed by atoms with van der Waals surface area (Å²) in [5, 5.41) is 10.0. The van der Waals surface area contributed by atoms with Crippen LogP contribution in [0, 0.1) is 0 Å². The molecule has 6 nitrogen and oxygen atoms in total. The molecule has 7 heteroatoms. The Hall–Kier alpha value is -1.99. The number of carboxylic acid groups (broad SMARTS) is 1. The maximum atomic E-state index is 13.2. The van der Waals surface area contributed by atoms with E-state index in [4.69, 9.17) is 9.84 Å². The lowest BCUT2D eigenvalue weighted by Gasteiger charge is -2.34. The number of fused-ring (bicyclic) bond motifs is 1. The third kappa shape index (κ3) is 3.82. The number of thioether (sulfide) groups is 1. The molecule has 1 aliphatic rings. The Labute approximate surface area is 150 Å². The number of para-hydroxylation sites is 1. The molecule has 0 saturated carbocycles. The smallest absolute Gasteiger partial charge is 0.305 e. The number of carbonyl (C=O) groups is 2. The summed E-state index contributed by atoms with van der Waals surface area (Å²) in [6.07, 6.45) is 1.85. The number of ether oxygens (including phenoxy) is 1. The summed E-state index contributed by atoms with van der Waals surface area (Å²) in [5.74, 6) is 0.552. The topological polar surface area (TPSA) is 71.8 Å². The van der Waals surface area contributed by atoms with Gasteiger partial charge in [0.1, 0.15) is 0 Å². The fourth-order valence-electron chi connectivity index (χ4n) is 3.24. The van der Waals surface area contributed by atoms with Crippen LogP contribution in [0.3, 0.4) is 0 Å². The number of hydrogen-bond acceptors (Lipinski definition) is 4. The SMILES string of the molecule is COCCn1cc(C(=O)N2CCSCC2CC(=O)O)c2ccccc21. The summed E-state index contributed by atoms with van der Waals surface area (Å²) in [4.78, 5) is 26.0. The van der Waals surface area contributed by atoms with Crippen molar-refractivity contribution in [2.24, 2.45) is 0 Å². The monoisotopic (exact) mass is 362 g/mol. The molecule has 0 aliphatic carbocycles. The van der Waals surface area contributed by atoms with Gasteiger partial charge in [-0.05, 0) is 6.07 Å². The first-order chi connectivity index (χ1) is 12.1. The molecule has 1 atom stereocenters. The molecule has 1 fully saturated rings. The van der Waals surface area contributed by atoms with Crippen LogP contribution in [0.25, 0.3) is 10.9 Å². The molecule has 2 aromatic rings. The van der Waals surface area contributed by atoms with Gasteiger partial charge in [-0.2, -0.15) is 11.8 Å². The van der Waals surface area contributed by atoms with Crippen LogP contribution in [0.2, 0.25) is 0 Å². The van der Waals surface area contributed by atoms with Crippen molar-refractivity contribution in [1.82, 2.24) is 9.47 Å². The Balaban J connectivity index is 1.94. The molecule has 1 unspecified atom stereocenters. The first-order valence-electron chi connectivity index (χ1n) is 8.29. The van der Waals surface area contributed by atoms with E-state index >= 15 is 0 Å². The van der Waals surface area contributed by atoms with Crippen molar-refractivity contribution in [3.8, 4) is 0 Å². The van der Waals surface area contributed by atoms with Gasteiger partial charge in [0.2, 0.25) is 0 Å². The molecule has 1 N–H and O–H groups in total. The van der Waals surface area contributed by atoms with Gasteiger partial charge in [0.05, 0.1) is 24.6 Å². The number of rotatable bonds is 6. The van der Waals surface area contributed by atoms with Gasteiger partial charge in [-0.15, -0.1) is 0 Å². The van der Waals surface area contributed by atoms with Gasteiger partial charge in [-0.25, -0.2) is 0 Å². The van der Waals surface area contributed by atoms with Gasteiger partial charge in [-0.3, -0.25) is 9.59 Å². The third-order valence-electron chi connectivity index (χ3n) is 4.45. The van der Waals surface area contributed by atoms with Gasteiger partial charge in [0.25, 0.3) is 5.91 Å². The maximum Gasteiger partial charge on any atom is 0.305 e. The zero-order valence-electron chi connectivity index (χ0n) is 14.2. The van der Waals surface area contributed by atoms with E-state index in [9.17, 15) is 9.59 Å². The molecular formula is C18H22N2O4S. The van der Waals surface area contributed by atoms with E-state index in [0.29, 0.717) is 31.0 Å². The molecule has 2 heterocycles. The lowest BCUT2D eigenvalue weighted by atomic mass is 10.1. The number of carbonyl (C=O) groups excluding carboxylic acids is 1. The summed E-state index contributed by atoms with van der Waals surface area (Å²) in [6, 6.07) is 7.54. The summed E-state index contributed by atoms with van der Waals surface area (Å²) >= 11 is 1.70.